The van der Waals surface area contributed by atoms with Crippen molar-refractivity contribution in [2.24, 2.45) is 23.3 Å². The molecule has 4 atom stereocenters. The van der Waals surface area contributed by atoms with E-state index in [1.54, 1.807) is 13.8 Å². The SMILES string of the molecule is CSCCC(NC(=O)C(N)CCC(N)=O)C(=O)NC(C(=O)NC(CC(C)C)C(=O)O)C(C)C. The van der Waals surface area contributed by atoms with E-state index in [2.05, 4.69) is 16.0 Å². The number of nitrogens with one attached hydrogen (secondary N) is 3. The molecule has 0 aromatic heterocycles. The Labute approximate surface area is 199 Å². The fourth-order valence-corrected chi connectivity index (χ4v) is 3.43. The molecule has 8 N–H and O–H groups in total. The fraction of sp³-hybridized carbons (Fsp3) is 0.762. The minimum Gasteiger partial charge on any atom is -0.480 e. The van der Waals surface area contributed by atoms with Gasteiger partial charge in [-0.1, -0.05) is 27.7 Å². The van der Waals surface area contributed by atoms with E-state index < -0.39 is 53.8 Å². The highest BCUT2D eigenvalue weighted by Crippen LogP contribution is 2.09. The summed E-state index contributed by atoms with van der Waals surface area (Å²) in [6, 6.07) is -4.04. The van der Waals surface area contributed by atoms with Gasteiger partial charge >= 0.3 is 5.97 Å². The maximum atomic E-state index is 12.9. The summed E-state index contributed by atoms with van der Waals surface area (Å²) in [5.41, 5.74) is 10.9. The van der Waals surface area contributed by atoms with Crippen LogP contribution in [-0.4, -0.2) is 70.9 Å². The van der Waals surface area contributed by atoms with Crippen LogP contribution in [0.2, 0.25) is 0 Å². The molecule has 0 aliphatic rings. The number of carboxylic acids is 1. The molecule has 190 valence electrons. The third-order valence-electron chi connectivity index (χ3n) is 4.85. The topological polar surface area (TPSA) is 194 Å². The molecule has 12 heteroatoms. The quantitative estimate of drug-likeness (QED) is 0.168. The molecule has 33 heavy (non-hydrogen) atoms. The molecular weight excluding hydrogens is 450 g/mol. The van der Waals surface area contributed by atoms with E-state index in [-0.39, 0.29) is 31.1 Å². The van der Waals surface area contributed by atoms with E-state index in [9.17, 15) is 29.1 Å². The summed E-state index contributed by atoms with van der Waals surface area (Å²) in [6.45, 7) is 7.13. The first kappa shape index (κ1) is 30.7. The molecule has 0 aliphatic heterocycles. The molecule has 0 heterocycles. The van der Waals surface area contributed by atoms with Crippen molar-refractivity contribution in [3.8, 4) is 0 Å². The molecule has 0 aliphatic carbocycles. The highest BCUT2D eigenvalue weighted by Gasteiger charge is 2.32. The average molecular weight is 490 g/mol. The number of carbonyl (C=O) groups is 5. The Balaban J connectivity index is 5.35. The molecular formula is C21H39N5O6S. The molecule has 0 saturated carbocycles. The van der Waals surface area contributed by atoms with Crippen LogP contribution < -0.4 is 27.4 Å². The van der Waals surface area contributed by atoms with Gasteiger partial charge in [-0.2, -0.15) is 11.8 Å². The Morgan fingerprint density at radius 3 is 1.91 bits per heavy atom. The number of carbonyl (C=O) groups excluding carboxylic acids is 4. The summed E-state index contributed by atoms with van der Waals surface area (Å²) in [4.78, 5) is 60.5. The molecule has 0 saturated heterocycles. The Hall–Kier alpha value is -2.34. The van der Waals surface area contributed by atoms with Crippen molar-refractivity contribution in [2.45, 2.75) is 77.5 Å². The van der Waals surface area contributed by atoms with Gasteiger partial charge in [-0.25, -0.2) is 4.79 Å². The van der Waals surface area contributed by atoms with Crippen LogP contribution in [0.3, 0.4) is 0 Å². The number of thioether (sulfide) groups is 1. The Bertz CT molecular complexity index is 688. The van der Waals surface area contributed by atoms with Crippen molar-refractivity contribution < 1.29 is 29.1 Å². The summed E-state index contributed by atoms with van der Waals surface area (Å²) in [7, 11) is 0. The van der Waals surface area contributed by atoms with Gasteiger partial charge in [0.15, 0.2) is 0 Å². The number of hydrogen-bond acceptors (Lipinski definition) is 7. The summed E-state index contributed by atoms with van der Waals surface area (Å²) in [5.74, 6) is -3.27. The lowest BCUT2D eigenvalue weighted by atomic mass is 10.00. The molecule has 0 spiro atoms. The van der Waals surface area contributed by atoms with E-state index >= 15 is 0 Å². The summed E-state index contributed by atoms with van der Waals surface area (Å²) in [5, 5.41) is 17.1. The lowest BCUT2D eigenvalue weighted by Gasteiger charge is -2.27. The molecule has 0 bridgehead atoms. The molecule has 4 unspecified atom stereocenters. The second-order valence-electron chi connectivity index (χ2n) is 8.71. The van der Waals surface area contributed by atoms with E-state index in [0.717, 1.165) is 0 Å². The highest BCUT2D eigenvalue weighted by atomic mass is 32.2. The standard InChI is InChI=1S/C21H39N5O6S/c1-11(2)10-15(21(31)32)25-20(30)17(12(3)4)26-19(29)14(8-9-33-5)24-18(28)13(22)6-7-16(23)27/h11-15,17H,6-10,22H2,1-5H3,(H2,23,27)(H,24,28)(H,25,30)(H,26,29)(H,31,32). The van der Waals surface area contributed by atoms with Gasteiger partial charge in [-0.05, 0) is 43.1 Å². The van der Waals surface area contributed by atoms with Crippen LogP contribution in [0.4, 0.5) is 0 Å². The van der Waals surface area contributed by atoms with Crippen LogP contribution in [0.1, 0.15) is 53.4 Å². The second kappa shape index (κ2) is 15.5. The molecule has 0 rings (SSSR count). The molecule has 0 aromatic carbocycles. The van der Waals surface area contributed by atoms with E-state index in [1.807, 2.05) is 20.1 Å². The normalized spacial score (nSPS) is 14.8. The zero-order valence-electron chi connectivity index (χ0n) is 20.1. The van der Waals surface area contributed by atoms with Crippen molar-refractivity contribution in [2.75, 3.05) is 12.0 Å². The zero-order chi connectivity index (χ0) is 25.7. The van der Waals surface area contributed by atoms with Gasteiger partial charge in [0.2, 0.25) is 23.6 Å². The summed E-state index contributed by atoms with van der Waals surface area (Å²) in [6.07, 6.45) is 2.36. The van der Waals surface area contributed by atoms with Crippen molar-refractivity contribution in [3.63, 3.8) is 0 Å². The maximum Gasteiger partial charge on any atom is 0.326 e. The first-order valence-corrected chi connectivity index (χ1v) is 12.4. The number of amides is 4. The van der Waals surface area contributed by atoms with Crippen LogP contribution in [-0.2, 0) is 24.0 Å². The Morgan fingerprint density at radius 1 is 0.879 bits per heavy atom. The lowest BCUT2D eigenvalue weighted by molar-refractivity contribution is -0.143. The van der Waals surface area contributed by atoms with Crippen molar-refractivity contribution >= 4 is 41.4 Å². The Kier molecular flexibility index (Phi) is 14.4. The monoisotopic (exact) mass is 489 g/mol. The van der Waals surface area contributed by atoms with Gasteiger partial charge in [0.25, 0.3) is 0 Å². The van der Waals surface area contributed by atoms with Gasteiger partial charge in [-0.3, -0.25) is 19.2 Å². The molecule has 0 radical (unpaired) electrons. The second-order valence-corrected chi connectivity index (χ2v) is 9.70. The number of nitrogens with two attached hydrogens (primary N) is 2. The van der Waals surface area contributed by atoms with Crippen LogP contribution in [0, 0.1) is 11.8 Å². The summed E-state index contributed by atoms with van der Waals surface area (Å²) < 4.78 is 0. The smallest absolute Gasteiger partial charge is 0.326 e. The maximum absolute atomic E-state index is 12.9. The molecule has 0 fully saturated rings. The number of primary amides is 1. The fourth-order valence-electron chi connectivity index (χ4n) is 2.96. The minimum absolute atomic E-state index is 0.0431. The van der Waals surface area contributed by atoms with Crippen molar-refractivity contribution in [1.29, 1.82) is 0 Å². The predicted molar refractivity (Wildman–Crippen MR) is 127 cm³/mol. The Morgan fingerprint density at radius 2 is 1.45 bits per heavy atom. The number of carboxylic acid groups (broad SMARTS) is 1. The predicted octanol–water partition coefficient (Wildman–Crippen LogP) is -0.427. The van der Waals surface area contributed by atoms with Crippen LogP contribution in [0.5, 0.6) is 0 Å². The molecule has 0 aromatic rings. The summed E-state index contributed by atoms with van der Waals surface area (Å²) >= 11 is 1.48. The molecule has 4 amide bonds. The third kappa shape index (κ3) is 12.5. The van der Waals surface area contributed by atoms with E-state index in [1.165, 1.54) is 11.8 Å². The average Bonchev–Trinajstić information content (AvgIpc) is 2.71. The van der Waals surface area contributed by atoms with E-state index in [0.29, 0.717) is 12.2 Å². The highest BCUT2D eigenvalue weighted by molar-refractivity contribution is 7.98. The lowest BCUT2D eigenvalue weighted by Crippen LogP contribution is -2.58. The first-order chi connectivity index (χ1) is 15.3. The van der Waals surface area contributed by atoms with Crippen LogP contribution in [0.15, 0.2) is 0 Å². The number of rotatable bonds is 16. The van der Waals surface area contributed by atoms with Crippen LogP contribution >= 0.6 is 11.8 Å². The van der Waals surface area contributed by atoms with Gasteiger partial charge in [0, 0.05) is 6.42 Å². The van der Waals surface area contributed by atoms with Crippen LogP contribution in [0.25, 0.3) is 0 Å². The van der Waals surface area contributed by atoms with Gasteiger partial charge in [0.1, 0.15) is 18.1 Å². The minimum atomic E-state index is -1.15. The first-order valence-electron chi connectivity index (χ1n) is 11.0. The largest absolute Gasteiger partial charge is 0.480 e. The third-order valence-corrected chi connectivity index (χ3v) is 5.49. The van der Waals surface area contributed by atoms with Gasteiger partial charge < -0.3 is 32.5 Å². The van der Waals surface area contributed by atoms with E-state index in [4.69, 9.17) is 11.5 Å². The number of hydrogen-bond donors (Lipinski definition) is 6. The van der Waals surface area contributed by atoms with Gasteiger partial charge in [-0.15, -0.1) is 0 Å². The van der Waals surface area contributed by atoms with Crippen molar-refractivity contribution in [1.82, 2.24) is 16.0 Å². The molecule has 11 nitrogen and oxygen atoms in total. The zero-order valence-corrected chi connectivity index (χ0v) is 20.9. The van der Waals surface area contributed by atoms with Crippen molar-refractivity contribution in [3.05, 3.63) is 0 Å². The van der Waals surface area contributed by atoms with Gasteiger partial charge in [0.05, 0.1) is 6.04 Å². The number of aliphatic carboxylic acids is 1.